The van der Waals surface area contributed by atoms with Crippen LogP contribution in [0, 0.1) is 6.92 Å². The number of nitrogens with one attached hydrogen (secondary N) is 2. The lowest BCUT2D eigenvalue weighted by Gasteiger charge is -2.23. The van der Waals surface area contributed by atoms with E-state index in [0.29, 0.717) is 13.0 Å². The normalized spacial score (nSPS) is 24.5. The zero-order valence-electron chi connectivity index (χ0n) is 12.3. The summed E-state index contributed by atoms with van der Waals surface area (Å²) in [5.74, 6) is 0.319. The lowest BCUT2D eigenvalue weighted by molar-refractivity contribution is -0.132. The maximum atomic E-state index is 12.4. The number of aromatic nitrogens is 1. The van der Waals surface area contributed by atoms with E-state index in [9.17, 15) is 14.4 Å². The van der Waals surface area contributed by atoms with Gasteiger partial charge in [0.15, 0.2) is 0 Å². The van der Waals surface area contributed by atoms with Gasteiger partial charge in [-0.25, -0.2) is 4.79 Å². The van der Waals surface area contributed by atoms with Gasteiger partial charge in [-0.2, -0.15) is 0 Å². The highest BCUT2D eigenvalue weighted by atomic mass is 16.5. The quantitative estimate of drug-likeness (QED) is 0.794. The fourth-order valence-electron chi connectivity index (χ4n) is 2.99. The Morgan fingerprint density at radius 2 is 2.32 bits per heavy atom. The molecule has 0 spiro atoms. The second kappa shape index (κ2) is 5.78. The number of imide groups is 1. The molecule has 2 N–H and O–H groups in total. The van der Waals surface area contributed by atoms with Crippen molar-refractivity contribution < 1.29 is 18.9 Å². The average Bonchev–Trinajstić information content (AvgIpc) is 3.16. The molecule has 1 aromatic heterocycles. The number of nitrogens with zero attached hydrogens (tertiary/aromatic N) is 2. The van der Waals surface area contributed by atoms with E-state index in [2.05, 4.69) is 15.8 Å². The Morgan fingerprint density at radius 3 is 2.95 bits per heavy atom. The van der Waals surface area contributed by atoms with E-state index in [1.807, 2.05) is 13.0 Å². The molecule has 0 saturated carbocycles. The smallest absolute Gasteiger partial charge is 0.322 e. The van der Waals surface area contributed by atoms with Gasteiger partial charge in [-0.1, -0.05) is 5.16 Å². The summed E-state index contributed by atoms with van der Waals surface area (Å²) >= 11 is 0. The first-order valence-corrected chi connectivity index (χ1v) is 7.38. The summed E-state index contributed by atoms with van der Waals surface area (Å²) in [6.45, 7) is 2.50. The summed E-state index contributed by atoms with van der Waals surface area (Å²) in [4.78, 5) is 36.7. The van der Waals surface area contributed by atoms with Gasteiger partial charge in [0, 0.05) is 19.0 Å². The van der Waals surface area contributed by atoms with E-state index in [1.165, 1.54) is 0 Å². The molecule has 3 heterocycles. The van der Waals surface area contributed by atoms with Crippen LogP contribution in [0.4, 0.5) is 4.79 Å². The van der Waals surface area contributed by atoms with Crippen LogP contribution in [0.2, 0.25) is 0 Å². The number of carbonyl (C=O) groups is 3. The minimum Gasteiger partial charge on any atom is -0.361 e. The van der Waals surface area contributed by atoms with E-state index < -0.39 is 12.1 Å². The summed E-state index contributed by atoms with van der Waals surface area (Å²) in [7, 11) is 0. The van der Waals surface area contributed by atoms with Crippen molar-refractivity contribution in [3.63, 3.8) is 0 Å². The third-order valence-corrected chi connectivity index (χ3v) is 4.07. The van der Waals surface area contributed by atoms with Crippen LogP contribution in [0.25, 0.3) is 0 Å². The van der Waals surface area contributed by atoms with E-state index in [0.717, 1.165) is 24.3 Å². The van der Waals surface area contributed by atoms with Gasteiger partial charge in [-0.3, -0.25) is 14.9 Å². The Labute approximate surface area is 127 Å². The van der Waals surface area contributed by atoms with Gasteiger partial charge >= 0.3 is 6.03 Å². The number of likely N-dealkylation sites (tertiary alicyclic amines) is 1. The van der Waals surface area contributed by atoms with Gasteiger partial charge in [0.05, 0.1) is 6.04 Å². The number of aryl methyl sites for hydroxylation is 1. The molecule has 0 aromatic carbocycles. The van der Waals surface area contributed by atoms with E-state index in [4.69, 9.17) is 4.52 Å². The van der Waals surface area contributed by atoms with Crippen molar-refractivity contribution in [3.05, 3.63) is 17.5 Å². The van der Waals surface area contributed by atoms with Crippen LogP contribution in [0.5, 0.6) is 0 Å². The molecule has 2 saturated heterocycles. The summed E-state index contributed by atoms with van der Waals surface area (Å²) in [5, 5.41) is 8.66. The lowest BCUT2D eigenvalue weighted by atomic mass is 10.1. The minimum absolute atomic E-state index is 0.0305. The van der Waals surface area contributed by atoms with Crippen molar-refractivity contribution in [2.24, 2.45) is 0 Å². The van der Waals surface area contributed by atoms with Crippen molar-refractivity contribution in [2.45, 2.75) is 44.7 Å². The van der Waals surface area contributed by atoms with Crippen LogP contribution in [-0.4, -0.2) is 40.5 Å². The number of urea groups is 1. The van der Waals surface area contributed by atoms with Crippen LogP contribution < -0.4 is 10.6 Å². The number of rotatable bonds is 4. The van der Waals surface area contributed by atoms with E-state index >= 15 is 0 Å². The highest BCUT2D eigenvalue weighted by Gasteiger charge is 2.34. The van der Waals surface area contributed by atoms with Crippen molar-refractivity contribution in [3.8, 4) is 0 Å². The molecule has 8 nitrogen and oxygen atoms in total. The van der Waals surface area contributed by atoms with Gasteiger partial charge in [0.2, 0.25) is 5.91 Å². The highest BCUT2D eigenvalue weighted by Crippen LogP contribution is 2.32. The Hall–Kier alpha value is -2.38. The molecule has 0 radical (unpaired) electrons. The first kappa shape index (κ1) is 14.6. The number of amides is 4. The van der Waals surface area contributed by atoms with Crippen molar-refractivity contribution in [1.29, 1.82) is 0 Å². The zero-order chi connectivity index (χ0) is 15.7. The van der Waals surface area contributed by atoms with Gasteiger partial charge in [0.25, 0.3) is 5.91 Å². The topological polar surface area (TPSA) is 105 Å². The molecule has 3 rings (SSSR count). The van der Waals surface area contributed by atoms with Crippen LogP contribution in [0.3, 0.4) is 0 Å². The Kier molecular flexibility index (Phi) is 3.82. The first-order valence-electron chi connectivity index (χ1n) is 7.38. The Morgan fingerprint density at radius 1 is 1.50 bits per heavy atom. The van der Waals surface area contributed by atoms with E-state index in [-0.39, 0.29) is 24.3 Å². The summed E-state index contributed by atoms with van der Waals surface area (Å²) in [6, 6.07) is 0.671. The molecule has 2 atom stereocenters. The third-order valence-electron chi connectivity index (χ3n) is 4.07. The summed E-state index contributed by atoms with van der Waals surface area (Å²) < 4.78 is 5.08. The molecule has 2 aliphatic heterocycles. The van der Waals surface area contributed by atoms with Crippen LogP contribution >= 0.6 is 0 Å². The molecule has 2 fully saturated rings. The molecule has 0 aliphatic carbocycles. The van der Waals surface area contributed by atoms with Crippen molar-refractivity contribution in [1.82, 2.24) is 20.7 Å². The molecule has 22 heavy (non-hydrogen) atoms. The van der Waals surface area contributed by atoms with Crippen LogP contribution in [-0.2, 0) is 9.59 Å². The fourth-order valence-corrected chi connectivity index (χ4v) is 2.99. The second-order valence-electron chi connectivity index (χ2n) is 5.66. The monoisotopic (exact) mass is 306 g/mol. The third kappa shape index (κ3) is 2.81. The predicted octanol–water partition coefficient (Wildman–Crippen LogP) is 0.635. The standard InChI is InChI=1S/C14H18N4O4/c1-8-7-10(17-22-8)11-3-2-6-18(11)12(19)5-4-9-13(20)16-14(21)15-9/h7,9,11H,2-6H2,1H3,(H2,15,16,20,21)/t9-,11-/m1/s1. The predicted molar refractivity (Wildman–Crippen MR) is 74.6 cm³/mol. The molecule has 0 bridgehead atoms. The van der Waals surface area contributed by atoms with Crippen LogP contribution in [0.1, 0.15) is 43.2 Å². The minimum atomic E-state index is -0.619. The van der Waals surface area contributed by atoms with Gasteiger partial charge in [0.1, 0.15) is 17.5 Å². The van der Waals surface area contributed by atoms with Crippen molar-refractivity contribution in [2.75, 3.05) is 6.54 Å². The molecule has 0 unspecified atom stereocenters. The SMILES string of the molecule is Cc1cc([C@H]2CCCN2C(=O)CC[C@H]2NC(=O)NC2=O)no1. The van der Waals surface area contributed by atoms with Gasteiger partial charge in [-0.05, 0) is 26.2 Å². The van der Waals surface area contributed by atoms with Crippen molar-refractivity contribution >= 4 is 17.8 Å². The molecular formula is C14H18N4O4. The maximum absolute atomic E-state index is 12.4. The lowest BCUT2D eigenvalue weighted by Crippen LogP contribution is -2.34. The molecular weight excluding hydrogens is 288 g/mol. The molecule has 4 amide bonds. The van der Waals surface area contributed by atoms with Gasteiger partial charge < -0.3 is 14.7 Å². The fraction of sp³-hybridized carbons (Fsp3) is 0.571. The maximum Gasteiger partial charge on any atom is 0.322 e. The molecule has 8 heteroatoms. The summed E-state index contributed by atoms with van der Waals surface area (Å²) in [6.07, 6.45) is 2.30. The highest BCUT2D eigenvalue weighted by molar-refractivity contribution is 6.04. The molecule has 2 aliphatic rings. The average molecular weight is 306 g/mol. The second-order valence-corrected chi connectivity index (χ2v) is 5.66. The van der Waals surface area contributed by atoms with Crippen LogP contribution in [0.15, 0.2) is 10.6 Å². The number of hydrogen-bond donors (Lipinski definition) is 2. The number of carbonyl (C=O) groups excluding carboxylic acids is 3. The Balaban J connectivity index is 1.59. The molecule has 118 valence electrons. The largest absolute Gasteiger partial charge is 0.361 e. The molecule has 1 aromatic rings. The first-order chi connectivity index (χ1) is 10.5. The van der Waals surface area contributed by atoms with Gasteiger partial charge in [-0.15, -0.1) is 0 Å². The number of hydrogen-bond acceptors (Lipinski definition) is 5. The zero-order valence-corrected chi connectivity index (χ0v) is 12.3. The summed E-state index contributed by atoms with van der Waals surface area (Å²) in [5.41, 5.74) is 0.773. The van der Waals surface area contributed by atoms with E-state index in [1.54, 1.807) is 4.90 Å². The Bertz CT molecular complexity index is 612.